The average molecular weight is 251 g/mol. The van der Waals surface area contributed by atoms with Gasteiger partial charge >= 0.3 is 5.97 Å². The number of halogens is 1. The van der Waals surface area contributed by atoms with Gasteiger partial charge in [0.15, 0.2) is 5.69 Å². The molecule has 17 heavy (non-hydrogen) atoms. The van der Waals surface area contributed by atoms with Crippen molar-refractivity contribution >= 4 is 17.6 Å². The van der Waals surface area contributed by atoms with E-state index < -0.39 is 5.97 Å². The average Bonchev–Trinajstić information content (AvgIpc) is 2.56. The Kier molecular flexibility index (Phi) is 2.90. The molecule has 2 aromatic rings. The summed E-state index contributed by atoms with van der Waals surface area (Å²) in [5.41, 5.74) is 2.38. The topological polar surface area (TPSA) is 55.1 Å². The second kappa shape index (κ2) is 4.22. The van der Waals surface area contributed by atoms with Gasteiger partial charge in [0.05, 0.1) is 16.4 Å². The molecule has 0 radical (unpaired) electrons. The fourth-order valence-corrected chi connectivity index (χ4v) is 1.83. The van der Waals surface area contributed by atoms with Crippen LogP contribution >= 0.6 is 11.6 Å². The Morgan fingerprint density at radius 1 is 1.41 bits per heavy atom. The van der Waals surface area contributed by atoms with Gasteiger partial charge in [0.1, 0.15) is 0 Å². The molecule has 0 bridgehead atoms. The van der Waals surface area contributed by atoms with Crippen LogP contribution in [0.3, 0.4) is 0 Å². The molecule has 0 fully saturated rings. The molecule has 4 nitrogen and oxygen atoms in total. The molecule has 0 atom stereocenters. The highest BCUT2D eigenvalue weighted by Crippen LogP contribution is 2.23. The number of carboxylic acids is 1. The van der Waals surface area contributed by atoms with Crippen LogP contribution in [0.15, 0.2) is 24.3 Å². The normalized spacial score (nSPS) is 10.5. The van der Waals surface area contributed by atoms with Gasteiger partial charge in [0, 0.05) is 0 Å². The Bertz CT molecular complexity index is 590. The van der Waals surface area contributed by atoms with Crippen LogP contribution in [0, 0.1) is 13.8 Å². The van der Waals surface area contributed by atoms with Crippen LogP contribution in [0.25, 0.3) is 5.69 Å². The van der Waals surface area contributed by atoms with Gasteiger partial charge in [0.2, 0.25) is 0 Å². The van der Waals surface area contributed by atoms with Crippen LogP contribution in [0.5, 0.6) is 0 Å². The highest BCUT2D eigenvalue weighted by Gasteiger charge is 2.19. The number of carbonyl (C=O) groups is 1. The van der Waals surface area contributed by atoms with Gasteiger partial charge in [0.25, 0.3) is 0 Å². The van der Waals surface area contributed by atoms with Crippen molar-refractivity contribution in [1.29, 1.82) is 0 Å². The van der Waals surface area contributed by atoms with Crippen molar-refractivity contribution in [3.8, 4) is 5.69 Å². The summed E-state index contributed by atoms with van der Waals surface area (Å²) in [6.07, 6.45) is 0. The van der Waals surface area contributed by atoms with Crippen LogP contribution in [0.4, 0.5) is 0 Å². The summed E-state index contributed by atoms with van der Waals surface area (Å²) in [7, 11) is 0. The first kappa shape index (κ1) is 11.7. The SMILES string of the molecule is Cc1cccc(-n2nc(C(=O)O)c(Cl)c2C)c1. The third-order valence-corrected chi connectivity index (χ3v) is 2.94. The van der Waals surface area contributed by atoms with Crippen molar-refractivity contribution in [2.45, 2.75) is 13.8 Å². The monoisotopic (exact) mass is 250 g/mol. The number of aryl methyl sites for hydroxylation is 1. The minimum atomic E-state index is -1.12. The molecule has 0 spiro atoms. The third kappa shape index (κ3) is 2.03. The van der Waals surface area contributed by atoms with Gasteiger partial charge in [-0.3, -0.25) is 0 Å². The Hall–Kier alpha value is -1.81. The van der Waals surface area contributed by atoms with E-state index in [9.17, 15) is 4.79 Å². The summed E-state index contributed by atoms with van der Waals surface area (Å²) >= 11 is 5.93. The zero-order valence-corrected chi connectivity index (χ0v) is 10.2. The molecular formula is C12H11ClN2O2. The van der Waals surface area contributed by atoms with E-state index in [0.29, 0.717) is 5.69 Å². The number of carboxylic acid groups (broad SMARTS) is 1. The number of aromatic carboxylic acids is 1. The number of hydrogen-bond acceptors (Lipinski definition) is 2. The van der Waals surface area contributed by atoms with E-state index in [1.807, 2.05) is 31.2 Å². The summed E-state index contributed by atoms with van der Waals surface area (Å²) < 4.78 is 1.54. The standard InChI is InChI=1S/C12H11ClN2O2/c1-7-4-3-5-9(6-7)15-8(2)10(13)11(14-15)12(16)17/h3-6H,1-2H3,(H,16,17). The Morgan fingerprint density at radius 2 is 2.12 bits per heavy atom. The Balaban J connectivity index is 2.61. The van der Waals surface area contributed by atoms with Crippen LogP contribution < -0.4 is 0 Å². The van der Waals surface area contributed by atoms with Crippen molar-refractivity contribution in [1.82, 2.24) is 9.78 Å². The lowest BCUT2D eigenvalue weighted by Gasteiger charge is -2.04. The van der Waals surface area contributed by atoms with E-state index in [4.69, 9.17) is 16.7 Å². The minimum Gasteiger partial charge on any atom is -0.476 e. The van der Waals surface area contributed by atoms with Crippen LogP contribution in [0.2, 0.25) is 5.02 Å². The Labute approximate surface area is 103 Å². The van der Waals surface area contributed by atoms with Gasteiger partial charge in [-0.15, -0.1) is 0 Å². The molecular weight excluding hydrogens is 240 g/mol. The van der Waals surface area contributed by atoms with Gasteiger partial charge < -0.3 is 5.11 Å². The molecule has 0 amide bonds. The number of benzene rings is 1. The molecule has 0 unspecified atom stereocenters. The van der Waals surface area contributed by atoms with E-state index in [2.05, 4.69) is 5.10 Å². The number of rotatable bonds is 2. The molecule has 0 aliphatic carbocycles. The van der Waals surface area contributed by atoms with Crippen molar-refractivity contribution in [2.75, 3.05) is 0 Å². The molecule has 0 saturated heterocycles. The summed E-state index contributed by atoms with van der Waals surface area (Å²) in [4.78, 5) is 10.9. The van der Waals surface area contributed by atoms with E-state index >= 15 is 0 Å². The second-order valence-corrected chi connectivity index (χ2v) is 4.18. The second-order valence-electron chi connectivity index (χ2n) is 3.80. The van der Waals surface area contributed by atoms with Crippen LogP contribution in [-0.2, 0) is 0 Å². The number of aromatic nitrogens is 2. The fraction of sp³-hybridized carbons (Fsp3) is 0.167. The molecule has 5 heteroatoms. The molecule has 0 saturated carbocycles. The predicted octanol–water partition coefficient (Wildman–Crippen LogP) is 2.84. The lowest BCUT2D eigenvalue weighted by molar-refractivity contribution is 0.0690. The molecule has 88 valence electrons. The first-order chi connectivity index (χ1) is 8.00. The smallest absolute Gasteiger partial charge is 0.358 e. The number of hydrogen-bond donors (Lipinski definition) is 1. The maximum atomic E-state index is 10.9. The lowest BCUT2D eigenvalue weighted by atomic mass is 10.2. The molecule has 1 aromatic carbocycles. The highest BCUT2D eigenvalue weighted by molar-refractivity contribution is 6.33. The molecule has 1 heterocycles. The van der Waals surface area contributed by atoms with Gasteiger partial charge in [-0.2, -0.15) is 5.10 Å². The largest absolute Gasteiger partial charge is 0.476 e. The van der Waals surface area contributed by atoms with Crippen molar-refractivity contribution in [3.63, 3.8) is 0 Å². The summed E-state index contributed by atoms with van der Waals surface area (Å²) in [5.74, 6) is -1.12. The van der Waals surface area contributed by atoms with Crippen LogP contribution in [0.1, 0.15) is 21.7 Å². The summed E-state index contributed by atoms with van der Waals surface area (Å²) in [6, 6.07) is 7.62. The molecule has 2 rings (SSSR count). The zero-order chi connectivity index (χ0) is 12.6. The predicted molar refractivity (Wildman–Crippen MR) is 65.0 cm³/mol. The van der Waals surface area contributed by atoms with Gasteiger partial charge in [-0.05, 0) is 31.5 Å². The van der Waals surface area contributed by atoms with Crippen molar-refractivity contribution in [3.05, 3.63) is 46.2 Å². The first-order valence-electron chi connectivity index (χ1n) is 5.06. The Morgan fingerprint density at radius 3 is 2.65 bits per heavy atom. The van der Waals surface area contributed by atoms with E-state index in [-0.39, 0.29) is 10.7 Å². The first-order valence-corrected chi connectivity index (χ1v) is 5.44. The minimum absolute atomic E-state index is 0.120. The molecule has 1 N–H and O–H groups in total. The lowest BCUT2D eigenvalue weighted by Crippen LogP contribution is -2.02. The van der Waals surface area contributed by atoms with Crippen LogP contribution in [-0.4, -0.2) is 20.9 Å². The molecule has 0 aliphatic rings. The summed E-state index contributed by atoms with van der Waals surface area (Å²) in [5, 5.41) is 13.1. The highest BCUT2D eigenvalue weighted by atomic mass is 35.5. The summed E-state index contributed by atoms with van der Waals surface area (Å²) in [6.45, 7) is 3.70. The maximum absolute atomic E-state index is 10.9. The molecule has 0 aliphatic heterocycles. The van der Waals surface area contributed by atoms with Crippen molar-refractivity contribution < 1.29 is 9.90 Å². The zero-order valence-electron chi connectivity index (χ0n) is 9.44. The van der Waals surface area contributed by atoms with Gasteiger partial charge in [-0.25, -0.2) is 9.48 Å². The fourth-order valence-electron chi connectivity index (χ4n) is 1.63. The van der Waals surface area contributed by atoms with E-state index in [1.54, 1.807) is 11.6 Å². The third-order valence-electron chi connectivity index (χ3n) is 2.49. The maximum Gasteiger partial charge on any atom is 0.358 e. The van der Waals surface area contributed by atoms with Gasteiger partial charge in [-0.1, -0.05) is 23.7 Å². The van der Waals surface area contributed by atoms with Crippen molar-refractivity contribution in [2.24, 2.45) is 0 Å². The molecule has 1 aromatic heterocycles. The van der Waals surface area contributed by atoms with E-state index in [0.717, 1.165) is 11.3 Å². The quantitative estimate of drug-likeness (QED) is 0.892. The van der Waals surface area contributed by atoms with E-state index in [1.165, 1.54) is 0 Å². The number of nitrogens with zero attached hydrogens (tertiary/aromatic N) is 2.